The van der Waals surface area contributed by atoms with Crippen molar-refractivity contribution in [1.82, 2.24) is 14.8 Å². The smallest absolute Gasteiger partial charge is 0.139 e. The Bertz CT molecular complexity index is 364. The summed E-state index contributed by atoms with van der Waals surface area (Å²) in [6.07, 6.45) is 2.37. The molecule has 0 spiro atoms. The fraction of sp³-hybridized carbons (Fsp3) is 0.818. The quantitative estimate of drug-likeness (QED) is 0.789. The summed E-state index contributed by atoms with van der Waals surface area (Å²) in [7, 11) is -0.953. The van der Waals surface area contributed by atoms with Crippen molar-refractivity contribution in [3.63, 3.8) is 0 Å². The van der Waals surface area contributed by atoms with E-state index in [9.17, 15) is 4.21 Å². The van der Waals surface area contributed by atoms with Crippen molar-refractivity contribution in [3.05, 3.63) is 12.2 Å². The van der Waals surface area contributed by atoms with Gasteiger partial charge in [-0.1, -0.05) is 20.8 Å². The molecule has 2 N–H and O–H groups in total. The minimum Gasteiger partial charge on any atom is -0.327 e. The zero-order valence-corrected chi connectivity index (χ0v) is 11.6. The number of nitrogens with two attached hydrogens (primary N) is 1. The fourth-order valence-electron chi connectivity index (χ4n) is 1.46. The molecular formula is C11H22N4OS. The van der Waals surface area contributed by atoms with Crippen LogP contribution in [0.3, 0.4) is 0 Å². The van der Waals surface area contributed by atoms with E-state index in [2.05, 4.69) is 23.9 Å². The predicted octanol–water partition coefficient (Wildman–Crippen LogP) is 0.920. The first-order valence-electron chi connectivity index (χ1n) is 6.00. The van der Waals surface area contributed by atoms with Crippen LogP contribution >= 0.6 is 0 Å². The molecular weight excluding hydrogens is 236 g/mol. The SMILES string of the molecule is CCC(N)CS(=O)Cc1ncnn1CC(C)C. The highest BCUT2D eigenvalue weighted by molar-refractivity contribution is 7.84. The van der Waals surface area contributed by atoms with Crippen LogP contribution in [-0.4, -0.2) is 30.8 Å². The Morgan fingerprint density at radius 3 is 2.82 bits per heavy atom. The highest BCUT2D eigenvalue weighted by atomic mass is 32.2. The van der Waals surface area contributed by atoms with Gasteiger partial charge in [-0.2, -0.15) is 5.10 Å². The summed E-state index contributed by atoms with van der Waals surface area (Å²) in [5, 5.41) is 4.15. The second-order valence-corrected chi connectivity index (χ2v) is 6.17. The largest absolute Gasteiger partial charge is 0.327 e. The molecule has 0 saturated carbocycles. The first-order valence-corrected chi connectivity index (χ1v) is 7.49. The van der Waals surface area contributed by atoms with Crippen molar-refractivity contribution >= 4 is 10.8 Å². The molecule has 98 valence electrons. The lowest BCUT2D eigenvalue weighted by atomic mass is 10.2. The molecule has 0 fully saturated rings. The molecule has 0 radical (unpaired) electrons. The summed E-state index contributed by atoms with van der Waals surface area (Å²) in [4.78, 5) is 4.16. The van der Waals surface area contributed by atoms with Gasteiger partial charge >= 0.3 is 0 Å². The van der Waals surface area contributed by atoms with Crippen molar-refractivity contribution in [2.24, 2.45) is 11.7 Å². The molecule has 1 aromatic heterocycles. The van der Waals surface area contributed by atoms with Crippen molar-refractivity contribution in [2.45, 2.75) is 45.5 Å². The monoisotopic (exact) mass is 258 g/mol. The average molecular weight is 258 g/mol. The van der Waals surface area contributed by atoms with Crippen LogP contribution in [0.5, 0.6) is 0 Å². The number of nitrogens with zero attached hydrogens (tertiary/aromatic N) is 3. The van der Waals surface area contributed by atoms with Crippen molar-refractivity contribution in [2.75, 3.05) is 5.75 Å². The van der Waals surface area contributed by atoms with Gasteiger partial charge in [0.1, 0.15) is 12.2 Å². The van der Waals surface area contributed by atoms with Gasteiger partial charge in [0, 0.05) is 29.1 Å². The van der Waals surface area contributed by atoms with Crippen molar-refractivity contribution < 1.29 is 4.21 Å². The van der Waals surface area contributed by atoms with E-state index in [0.29, 0.717) is 17.4 Å². The second kappa shape index (κ2) is 6.86. The third kappa shape index (κ3) is 4.95. The summed E-state index contributed by atoms with van der Waals surface area (Å²) in [6.45, 7) is 7.06. The Balaban J connectivity index is 2.56. The topological polar surface area (TPSA) is 73.8 Å². The first kappa shape index (κ1) is 14.3. The predicted molar refractivity (Wildman–Crippen MR) is 69.8 cm³/mol. The molecule has 0 aromatic carbocycles. The zero-order chi connectivity index (χ0) is 12.8. The van der Waals surface area contributed by atoms with Crippen LogP contribution in [-0.2, 0) is 23.1 Å². The maximum absolute atomic E-state index is 11.9. The van der Waals surface area contributed by atoms with E-state index in [-0.39, 0.29) is 6.04 Å². The third-order valence-corrected chi connectivity index (χ3v) is 3.83. The number of rotatable bonds is 7. The van der Waals surface area contributed by atoms with E-state index in [4.69, 9.17) is 5.73 Å². The first-order chi connectivity index (χ1) is 8.02. The molecule has 6 heteroatoms. The van der Waals surface area contributed by atoms with E-state index in [1.807, 2.05) is 11.6 Å². The highest BCUT2D eigenvalue weighted by Crippen LogP contribution is 2.05. The molecule has 0 aliphatic rings. The third-order valence-electron chi connectivity index (χ3n) is 2.45. The molecule has 0 aliphatic carbocycles. The van der Waals surface area contributed by atoms with Gasteiger partial charge in [-0.15, -0.1) is 0 Å². The fourth-order valence-corrected chi connectivity index (χ4v) is 2.80. The van der Waals surface area contributed by atoms with Crippen LogP contribution < -0.4 is 5.73 Å². The molecule has 1 rings (SSSR count). The zero-order valence-electron chi connectivity index (χ0n) is 10.8. The maximum Gasteiger partial charge on any atom is 0.139 e. The van der Waals surface area contributed by atoms with Gasteiger partial charge < -0.3 is 5.73 Å². The lowest BCUT2D eigenvalue weighted by Gasteiger charge is -2.10. The van der Waals surface area contributed by atoms with Gasteiger partial charge in [0.25, 0.3) is 0 Å². The van der Waals surface area contributed by atoms with Gasteiger partial charge in [0.05, 0.1) is 5.75 Å². The summed E-state index contributed by atoms with van der Waals surface area (Å²) in [6, 6.07) is 0.0114. The molecule has 1 heterocycles. The Morgan fingerprint density at radius 1 is 1.53 bits per heavy atom. The summed E-state index contributed by atoms with van der Waals surface area (Å²) in [5.41, 5.74) is 5.79. The lowest BCUT2D eigenvalue weighted by Crippen LogP contribution is -2.27. The highest BCUT2D eigenvalue weighted by Gasteiger charge is 2.12. The molecule has 17 heavy (non-hydrogen) atoms. The maximum atomic E-state index is 11.9. The molecule has 2 atom stereocenters. The number of hydrogen-bond acceptors (Lipinski definition) is 4. The molecule has 5 nitrogen and oxygen atoms in total. The second-order valence-electron chi connectivity index (χ2n) is 4.67. The van der Waals surface area contributed by atoms with E-state index >= 15 is 0 Å². The summed E-state index contributed by atoms with van der Waals surface area (Å²) in [5.74, 6) is 2.27. The average Bonchev–Trinajstić information content (AvgIpc) is 2.64. The Hall–Kier alpha value is -0.750. The normalized spacial score (nSPS) is 15.1. The summed E-state index contributed by atoms with van der Waals surface area (Å²) >= 11 is 0. The number of hydrogen-bond donors (Lipinski definition) is 1. The van der Waals surface area contributed by atoms with Crippen molar-refractivity contribution in [3.8, 4) is 0 Å². The number of aromatic nitrogens is 3. The van der Waals surface area contributed by atoms with Crippen LogP contribution in [0.15, 0.2) is 6.33 Å². The molecule has 0 aliphatic heterocycles. The van der Waals surface area contributed by atoms with Crippen LogP contribution in [0.4, 0.5) is 0 Å². The van der Waals surface area contributed by atoms with Gasteiger partial charge in [-0.3, -0.25) is 4.21 Å². The molecule has 0 amide bonds. The lowest BCUT2D eigenvalue weighted by molar-refractivity contribution is 0.471. The van der Waals surface area contributed by atoms with Crippen LogP contribution in [0, 0.1) is 5.92 Å². The standard InChI is InChI=1S/C11H22N4OS/c1-4-10(12)6-17(16)7-11-13-8-14-15(11)5-9(2)3/h8-10H,4-7,12H2,1-3H3. The Labute approximate surface area is 105 Å². The van der Waals surface area contributed by atoms with Gasteiger partial charge in [0.15, 0.2) is 0 Å². The summed E-state index contributed by atoms with van der Waals surface area (Å²) < 4.78 is 13.7. The van der Waals surface area contributed by atoms with E-state index < -0.39 is 10.8 Å². The van der Waals surface area contributed by atoms with Gasteiger partial charge in [-0.25, -0.2) is 9.67 Å². The molecule has 0 bridgehead atoms. The van der Waals surface area contributed by atoms with Gasteiger partial charge in [0.2, 0.25) is 0 Å². The van der Waals surface area contributed by atoms with Gasteiger partial charge in [-0.05, 0) is 12.3 Å². The van der Waals surface area contributed by atoms with E-state index in [1.165, 1.54) is 6.33 Å². The molecule has 2 unspecified atom stereocenters. The Morgan fingerprint density at radius 2 is 2.24 bits per heavy atom. The van der Waals surface area contributed by atoms with Crippen LogP contribution in [0.2, 0.25) is 0 Å². The van der Waals surface area contributed by atoms with E-state index in [0.717, 1.165) is 18.8 Å². The molecule has 0 saturated heterocycles. The minimum absolute atomic E-state index is 0.0114. The van der Waals surface area contributed by atoms with Crippen LogP contribution in [0.25, 0.3) is 0 Å². The van der Waals surface area contributed by atoms with Crippen LogP contribution in [0.1, 0.15) is 33.0 Å². The van der Waals surface area contributed by atoms with Crippen molar-refractivity contribution in [1.29, 1.82) is 0 Å². The Kier molecular flexibility index (Phi) is 5.77. The molecule has 1 aromatic rings. The minimum atomic E-state index is -0.953. The van der Waals surface area contributed by atoms with E-state index in [1.54, 1.807) is 0 Å².